The van der Waals surface area contributed by atoms with Crippen molar-refractivity contribution >= 4 is 5.97 Å². The molecule has 5 nitrogen and oxygen atoms in total. The Morgan fingerprint density at radius 3 is 2.75 bits per heavy atom. The highest BCUT2D eigenvalue weighted by Gasteiger charge is 2.27. The Labute approximate surface area is 118 Å². The minimum absolute atomic E-state index is 0.0837. The average molecular weight is 280 g/mol. The van der Waals surface area contributed by atoms with Crippen LogP contribution in [0.3, 0.4) is 0 Å². The van der Waals surface area contributed by atoms with Gasteiger partial charge in [-0.1, -0.05) is 32.1 Å². The minimum Gasteiger partial charge on any atom is -0.491 e. The lowest BCUT2D eigenvalue weighted by Crippen LogP contribution is -2.20. The number of carboxylic acid groups (broad SMARTS) is 1. The van der Waals surface area contributed by atoms with Crippen LogP contribution in [0.5, 0.6) is 5.75 Å². The first kappa shape index (κ1) is 16.2. The molecule has 1 aromatic carbocycles. The molecule has 0 aliphatic heterocycles. The molecular weight excluding hydrogens is 260 g/mol. The van der Waals surface area contributed by atoms with Gasteiger partial charge in [-0.15, -0.1) is 0 Å². The molecule has 1 aromatic rings. The molecule has 0 unspecified atom stereocenters. The third-order valence-electron chi connectivity index (χ3n) is 2.89. The monoisotopic (exact) mass is 280 g/mol. The van der Waals surface area contributed by atoms with Crippen LogP contribution >= 0.6 is 0 Å². The molecule has 0 saturated heterocycles. The van der Waals surface area contributed by atoms with Crippen molar-refractivity contribution in [3.05, 3.63) is 42.0 Å². The lowest BCUT2D eigenvalue weighted by molar-refractivity contribution is -0.131. The lowest BCUT2D eigenvalue weighted by Gasteiger charge is -2.27. The van der Waals surface area contributed by atoms with Crippen molar-refractivity contribution in [2.75, 3.05) is 13.2 Å². The highest BCUT2D eigenvalue weighted by molar-refractivity contribution is 5.79. The summed E-state index contributed by atoms with van der Waals surface area (Å²) in [5, 5.41) is 27.7. The Balaban J connectivity index is 2.90. The Kier molecular flexibility index (Phi) is 5.73. The van der Waals surface area contributed by atoms with Crippen LogP contribution in [0, 0.1) is 5.41 Å². The molecule has 110 valence electrons. The van der Waals surface area contributed by atoms with Crippen LogP contribution in [0.25, 0.3) is 0 Å². The molecule has 1 atom stereocenters. The first-order valence-electron chi connectivity index (χ1n) is 6.30. The summed E-state index contributed by atoms with van der Waals surface area (Å²) >= 11 is 0. The van der Waals surface area contributed by atoms with Gasteiger partial charge in [0.25, 0.3) is 0 Å². The van der Waals surface area contributed by atoms with E-state index in [0.29, 0.717) is 11.3 Å². The molecular formula is C15H20O5. The number of aliphatic hydroxyl groups excluding tert-OH is 2. The second-order valence-electron chi connectivity index (χ2n) is 5.04. The molecule has 0 aromatic heterocycles. The number of aliphatic hydroxyl groups is 2. The summed E-state index contributed by atoms with van der Waals surface area (Å²) in [6.45, 7) is 3.60. The Hall–Kier alpha value is -1.85. The second-order valence-corrected chi connectivity index (χ2v) is 5.04. The first-order chi connectivity index (χ1) is 9.36. The van der Waals surface area contributed by atoms with Gasteiger partial charge in [-0.2, -0.15) is 0 Å². The van der Waals surface area contributed by atoms with E-state index in [4.69, 9.17) is 14.9 Å². The number of hydrogen-bond acceptors (Lipinski definition) is 4. The zero-order chi connectivity index (χ0) is 15.2. The summed E-state index contributed by atoms with van der Waals surface area (Å²) in [6, 6.07) is 6.89. The molecule has 0 aliphatic rings. The van der Waals surface area contributed by atoms with Gasteiger partial charge in [0.2, 0.25) is 0 Å². The molecule has 0 amide bonds. The number of rotatable bonds is 7. The summed E-state index contributed by atoms with van der Waals surface area (Å²) in [5.74, 6) is -0.501. The number of carboxylic acids is 1. The van der Waals surface area contributed by atoms with Gasteiger partial charge in [-0.05, 0) is 17.7 Å². The van der Waals surface area contributed by atoms with Crippen LogP contribution in [-0.2, 0) is 4.79 Å². The summed E-state index contributed by atoms with van der Waals surface area (Å²) in [7, 11) is 0. The standard InChI is InChI=1S/C15H20O5/c1-15(2,7-6-13(17)18)14(19)11-4-3-5-12(10-11)20-9-8-16/h3-7,10,14,16,19H,8-9H2,1-2H3,(H,17,18)/b7-6+/t14-/m0/s1. The highest BCUT2D eigenvalue weighted by atomic mass is 16.5. The van der Waals surface area contributed by atoms with Gasteiger partial charge in [0.15, 0.2) is 0 Å². The third kappa shape index (κ3) is 4.68. The van der Waals surface area contributed by atoms with Crippen molar-refractivity contribution in [2.24, 2.45) is 5.41 Å². The summed E-state index contributed by atoms with van der Waals surface area (Å²) in [6.07, 6.45) is 1.62. The van der Waals surface area contributed by atoms with Crippen molar-refractivity contribution in [2.45, 2.75) is 20.0 Å². The van der Waals surface area contributed by atoms with Crippen LogP contribution < -0.4 is 4.74 Å². The van der Waals surface area contributed by atoms with E-state index in [-0.39, 0.29) is 13.2 Å². The lowest BCUT2D eigenvalue weighted by atomic mass is 9.82. The SMILES string of the molecule is CC(C)(/C=C/C(=O)O)[C@@H](O)c1cccc(OCCO)c1. The van der Waals surface area contributed by atoms with Gasteiger partial charge in [0.1, 0.15) is 12.4 Å². The fourth-order valence-corrected chi connectivity index (χ4v) is 1.74. The fourth-order valence-electron chi connectivity index (χ4n) is 1.74. The molecule has 0 heterocycles. The van der Waals surface area contributed by atoms with Crippen molar-refractivity contribution in [1.82, 2.24) is 0 Å². The Bertz CT molecular complexity index is 479. The van der Waals surface area contributed by atoms with Gasteiger partial charge in [-0.3, -0.25) is 0 Å². The summed E-state index contributed by atoms with van der Waals surface area (Å²) in [5.41, 5.74) is -0.103. The predicted octanol–water partition coefficient (Wildman–Crippen LogP) is 1.76. The number of carbonyl (C=O) groups is 1. The minimum atomic E-state index is -1.05. The molecule has 1 rings (SSSR count). The Morgan fingerprint density at radius 2 is 2.15 bits per heavy atom. The van der Waals surface area contributed by atoms with E-state index in [2.05, 4.69) is 0 Å². The maximum absolute atomic E-state index is 10.6. The maximum Gasteiger partial charge on any atom is 0.327 e. The number of benzene rings is 1. The van der Waals surface area contributed by atoms with Crippen molar-refractivity contribution in [1.29, 1.82) is 0 Å². The average Bonchev–Trinajstić information content (AvgIpc) is 2.42. The predicted molar refractivity (Wildman–Crippen MR) is 74.5 cm³/mol. The van der Waals surface area contributed by atoms with Crippen LogP contribution in [0.15, 0.2) is 36.4 Å². The van der Waals surface area contributed by atoms with E-state index in [1.165, 1.54) is 6.08 Å². The largest absolute Gasteiger partial charge is 0.491 e. The third-order valence-corrected chi connectivity index (χ3v) is 2.89. The van der Waals surface area contributed by atoms with Gasteiger partial charge >= 0.3 is 5.97 Å². The first-order valence-corrected chi connectivity index (χ1v) is 6.30. The van der Waals surface area contributed by atoms with Gasteiger partial charge < -0.3 is 20.1 Å². The molecule has 20 heavy (non-hydrogen) atoms. The molecule has 0 spiro atoms. The zero-order valence-corrected chi connectivity index (χ0v) is 11.6. The van der Waals surface area contributed by atoms with E-state index < -0.39 is 17.5 Å². The second kappa shape index (κ2) is 7.07. The number of hydrogen-bond donors (Lipinski definition) is 3. The molecule has 0 fully saturated rings. The van der Waals surface area contributed by atoms with Crippen molar-refractivity contribution < 1.29 is 24.9 Å². The van der Waals surface area contributed by atoms with Crippen LogP contribution in [-0.4, -0.2) is 34.5 Å². The van der Waals surface area contributed by atoms with Gasteiger partial charge in [-0.25, -0.2) is 4.79 Å². The summed E-state index contributed by atoms with van der Waals surface area (Å²) < 4.78 is 5.28. The Morgan fingerprint density at radius 1 is 1.45 bits per heavy atom. The molecule has 0 aliphatic carbocycles. The molecule has 3 N–H and O–H groups in total. The van der Waals surface area contributed by atoms with E-state index >= 15 is 0 Å². The van der Waals surface area contributed by atoms with E-state index in [1.807, 2.05) is 0 Å². The number of aliphatic carboxylic acids is 1. The normalized spacial score (nSPS) is 13.4. The van der Waals surface area contributed by atoms with E-state index in [0.717, 1.165) is 6.08 Å². The fraction of sp³-hybridized carbons (Fsp3) is 0.400. The summed E-state index contributed by atoms with van der Waals surface area (Å²) in [4.78, 5) is 10.6. The highest BCUT2D eigenvalue weighted by Crippen LogP contribution is 2.35. The molecule has 0 bridgehead atoms. The maximum atomic E-state index is 10.6. The zero-order valence-electron chi connectivity index (χ0n) is 11.6. The van der Waals surface area contributed by atoms with Gasteiger partial charge in [0.05, 0.1) is 12.7 Å². The van der Waals surface area contributed by atoms with E-state index in [1.54, 1.807) is 38.1 Å². The van der Waals surface area contributed by atoms with Crippen LogP contribution in [0.1, 0.15) is 25.5 Å². The van der Waals surface area contributed by atoms with Gasteiger partial charge in [0, 0.05) is 11.5 Å². The van der Waals surface area contributed by atoms with E-state index in [9.17, 15) is 9.90 Å². The van der Waals surface area contributed by atoms with Crippen LogP contribution in [0.2, 0.25) is 0 Å². The van der Waals surface area contributed by atoms with Crippen LogP contribution in [0.4, 0.5) is 0 Å². The molecule has 5 heteroatoms. The number of ether oxygens (including phenoxy) is 1. The topological polar surface area (TPSA) is 87.0 Å². The van der Waals surface area contributed by atoms with Crippen molar-refractivity contribution in [3.8, 4) is 5.75 Å². The smallest absolute Gasteiger partial charge is 0.327 e. The molecule has 0 radical (unpaired) electrons. The van der Waals surface area contributed by atoms with Crippen molar-refractivity contribution in [3.63, 3.8) is 0 Å². The quantitative estimate of drug-likeness (QED) is 0.662. The molecule has 0 saturated carbocycles.